The van der Waals surface area contributed by atoms with E-state index < -0.39 is 17.6 Å². The molecule has 0 aliphatic heterocycles. The molecular weight excluding hydrogens is 382 g/mol. The quantitative estimate of drug-likeness (QED) is 0.637. The summed E-state index contributed by atoms with van der Waals surface area (Å²) in [6.07, 6.45) is 5.43. The minimum Gasteiger partial charge on any atom is -0.478 e. The number of benzene rings is 2. The number of terminal acetylenes is 1. The molecule has 0 saturated heterocycles. The molecule has 0 aliphatic rings. The summed E-state index contributed by atoms with van der Waals surface area (Å²) in [5, 5.41) is 12.4. The van der Waals surface area contributed by atoms with Crippen LogP contribution in [0.4, 0.5) is 4.79 Å². The predicted octanol–water partition coefficient (Wildman–Crippen LogP) is 3.32. The van der Waals surface area contributed by atoms with Crippen LogP contribution in [0.2, 0.25) is 0 Å². The van der Waals surface area contributed by atoms with Crippen LogP contribution in [0.5, 0.6) is 0 Å². The van der Waals surface area contributed by atoms with E-state index in [2.05, 4.69) is 25.1 Å². The lowest BCUT2D eigenvalue weighted by molar-refractivity contribution is 0.0698. The summed E-state index contributed by atoms with van der Waals surface area (Å²) in [7, 11) is 0. The third-order valence-electron chi connectivity index (χ3n) is 5.11. The maximum atomic E-state index is 13.0. The fourth-order valence-electron chi connectivity index (χ4n) is 3.67. The number of nitrogens with zero attached hydrogens (tertiary/aromatic N) is 2. The highest BCUT2D eigenvalue weighted by atomic mass is 16.4. The van der Waals surface area contributed by atoms with Crippen LogP contribution in [0.15, 0.2) is 41.2 Å². The fraction of sp³-hybridized carbons (Fsp3) is 0.261. The number of hydrogen-bond donors (Lipinski definition) is 2. The van der Waals surface area contributed by atoms with Gasteiger partial charge in [-0.15, -0.1) is 6.42 Å². The Balaban J connectivity index is 2.07. The summed E-state index contributed by atoms with van der Waals surface area (Å²) in [5.74, 6) is 1.45. The van der Waals surface area contributed by atoms with Gasteiger partial charge in [-0.05, 0) is 41.7 Å². The van der Waals surface area contributed by atoms with E-state index in [0.29, 0.717) is 0 Å². The van der Waals surface area contributed by atoms with Crippen molar-refractivity contribution in [3.8, 4) is 12.3 Å². The van der Waals surface area contributed by atoms with E-state index in [4.69, 9.17) is 6.42 Å². The monoisotopic (exact) mass is 405 g/mol. The second-order valence-corrected chi connectivity index (χ2v) is 7.34. The molecule has 2 N–H and O–H groups in total. The lowest BCUT2D eigenvalue weighted by Crippen LogP contribution is -2.38. The number of fused-ring (bicyclic) bond motifs is 1. The van der Waals surface area contributed by atoms with Crippen LogP contribution in [0, 0.1) is 19.3 Å². The molecule has 7 nitrogen and oxygen atoms in total. The van der Waals surface area contributed by atoms with Crippen molar-refractivity contribution >= 4 is 22.9 Å². The van der Waals surface area contributed by atoms with Crippen LogP contribution in [-0.2, 0) is 13.1 Å². The number of hydrogen-bond acceptors (Lipinski definition) is 3. The molecule has 7 heteroatoms. The van der Waals surface area contributed by atoms with Crippen molar-refractivity contribution in [1.82, 2.24) is 14.7 Å². The van der Waals surface area contributed by atoms with E-state index in [9.17, 15) is 19.5 Å². The predicted molar refractivity (Wildman–Crippen MR) is 115 cm³/mol. The number of carboxylic acid groups (broad SMARTS) is 1. The van der Waals surface area contributed by atoms with Crippen LogP contribution < -0.4 is 10.9 Å². The Morgan fingerprint density at radius 3 is 2.53 bits per heavy atom. The topological polar surface area (TPSA) is 93.3 Å². The van der Waals surface area contributed by atoms with Crippen molar-refractivity contribution in [3.63, 3.8) is 0 Å². The smallest absolute Gasteiger partial charge is 0.344 e. The molecule has 0 radical (unpaired) electrons. The standard InChI is InChI=1S/C23H23N3O4/c1-5-12-25-20-17(10-7-11-18(20)22(28)29)21(27)26(25)23(30)24-13-19-15(4)8-6-9-16(19)14(2)3/h1,6-11,14H,12-13H2,2-4H3,(H,24,30)(H,28,29). The van der Waals surface area contributed by atoms with E-state index in [1.165, 1.54) is 22.9 Å². The number of rotatable bonds is 5. The largest absolute Gasteiger partial charge is 0.478 e. The summed E-state index contributed by atoms with van der Waals surface area (Å²) in [5.41, 5.74) is 2.55. The van der Waals surface area contributed by atoms with Crippen LogP contribution >= 0.6 is 0 Å². The van der Waals surface area contributed by atoms with Crippen LogP contribution in [0.1, 0.15) is 46.8 Å². The minimum absolute atomic E-state index is 0.0904. The van der Waals surface area contributed by atoms with E-state index in [1.54, 1.807) is 0 Å². The summed E-state index contributed by atoms with van der Waals surface area (Å²) in [4.78, 5) is 37.5. The Kier molecular flexibility index (Phi) is 5.79. The molecular formula is C23H23N3O4. The molecule has 0 aliphatic carbocycles. The number of aryl methyl sites for hydroxylation is 1. The van der Waals surface area contributed by atoms with Crippen molar-refractivity contribution < 1.29 is 14.7 Å². The van der Waals surface area contributed by atoms with Gasteiger partial charge in [0.15, 0.2) is 0 Å². The molecule has 3 aromatic rings. The average molecular weight is 405 g/mol. The van der Waals surface area contributed by atoms with Gasteiger partial charge in [0, 0.05) is 6.54 Å². The van der Waals surface area contributed by atoms with Gasteiger partial charge >= 0.3 is 12.0 Å². The van der Waals surface area contributed by atoms with Gasteiger partial charge in [-0.3, -0.25) is 9.48 Å². The molecule has 0 spiro atoms. The maximum Gasteiger partial charge on any atom is 0.344 e. The molecule has 30 heavy (non-hydrogen) atoms. The molecule has 0 atom stereocenters. The third-order valence-corrected chi connectivity index (χ3v) is 5.11. The minimum atomic E-state index is -1.20. The number of para-hydroxylation sites is 1. The first-order valence-electron chi connectivity index (χ1n) is 9.55. The second-order valence-electron chi connectivity index (χ2n) is 7.34. The average Bonchev–Trinajstić information content (AvgIpc) is 2.98. The number of nitrogens with one attached hydrogen (secondary N) is 1. The van der Waals surface area contributed by atoms with Gasteiger partial charge in [-0.2, -0.15) is 4.68 Å². The Hall–Kier alpha value is -3.79. The summed E-state index contributed by atoms with van der Waals surface area (Å²) >= 11 is 0. The Morgan fingerprint density at radius 1 is 1.20 bits per heavy atom. The van der Waals surface area contributed by atoms with Gasteiger partial charge in [-0.25, -0.2) is 9.59 Å². The van der Waals surface area contributed by atoms with Crippen LogP contribution in [0.3, 0.4) is 0 Å². The zero-order valence-corrected chi connectivity index (χ0v) is 17.1. The number of amides is 1. The maximum absolute atomic E-state index is 13.0. The highest BCUT2D eigenvalue weighted by Crippen LogP contribution is 2.22. The number of carbonyl (C=O) groups excluding carboxylic acids is 1. The summed E-state index contributed by atoms with van der Waals surface area (Å²) in [6, 6.07) is 9.62. The van der Waals surface area contributed by atoms with Gasteiger partial charge in [0.2, 0.25) is 0 Å². The van der Waals surface area contributed by atoms with E-state index >= 15 is 0 Å². The highest BCUT2D eigenvalue weighted by Gasteiger charge is 2.23. The Morgan fingerprint density at radius 2 is 1.90 bits per heavy atom. The van der Waals surface area contributed by atoms with Crippen molar-refractivity contribution in [1.29, 1.82) is 0 Å². The van der Waals surface area contributed by atoms with E-state index in [1.807, 2.05) is 25.1 Å². The van der Waals surface area contributed by atoms with Gasteiger partial charge in [-0.1, -0.05) is 44.0 Å². The molecule has 0 unspecified atom stereocenters. The number of aromatic carboxylic acids is 1. The lowest BCUT2D eigenvalue weighted by atomic mass is 9.94. The fourth-order valence-corrected chi connectivity index (χ4v) is 3.67. The highest BCUT2D eigenvalue weighted by molar-refractivity contribution is 6.02. The molecule has 1 heterocycles. The number of carboxylic acids is 1. The molecule has 3 rings (SSSR count). The number of aromatic nitrogens is 2. The van der Waals surface area contributed by atoms with Crippen molar-refractivity contribution in [2.75, 3.05) is 0 Å². The van der Waals surface area contributed by atoms with Gasteiger partial charge in [0.25, 0.3) is 5.56 Å². The van der Waals surface area contributed by atoms with Crippen molar-refractivity contribution in [2.45, 2.75) is 39.8 Å². The van der Waals surface area contributed by atoms with Gasteiger partial charge in [0.1, 0.15) is 6.54 Å². The molecule has 0 fully saturated rings. The second kappa shape index (κ2) is 8.29. The SMILES string of the molecule is C#CCn1c2c(C(=O)O)cccc2c(=O)n1C(=O)NCc1c(C)cccc1C(C)C. The molecule has 0 saturated carbocycles. The van der Waals surface area contributed by atoms with E-state index in [-0.39, 0.29) is 35.5 Å². The molecule has 1 amide bonds. The van der Waals surface area contributed by atoms with Gasteiger partial charge in [0.05, 0.1) is 16.5 Å². The number of carbonyl (C=O) groups is 2. The lowest BCUT2D eigenvalue weighted by Gasteiger charge is -2.17. The first-order valence-corrected chi connectivity index (χ1v) is 9.55. The molecule has 0 bridgehead atoms. The van der Waals surface area contributed by atoms with E-state index in [0.717, 1.165) is 21.4 Å². The van der Waals surface area contributed by atoms with Crippen molar-refractivity contribution in [3.05, 3.63) is 69.0 Å². The molecule has 2 aromatic carbocycles. The summed E-state index contributed by atoms with van der Waals surface area (Å²) in [6.45, 7) is 6.21. The zero-order valence-electron chi connectivity index (χ0n) is 17.1. The van der Waals surface area contributed by atoms with Crippen molar-refractivity contribution in [2.24, 2.45) is 0 Å². The Bertz CT molecular complexity index is 1240. The first kappa shape index (κ1) is 20.9. The molecule has 154 valence electrons. The van der Waals surface area contributed by atoms with Crippen LogP contribution in [0.25, 0.3) is 10.9 Å². The van der Waals surface area contributed by atoms with Gasteiger partial charge < -0.3 is 10.4 Å². The third kappa shape index (κ3) is 3.60. The first-order chi connectivity index (χ1) is 14.3. The Labute approximate surface area is 173 Å². The zero-order chi connectivity index (χ0) is 22.0. The van der Waals surface area contributed by atoms with Crippen LogP contribution in [-0.4, -0.2) is 26.5 Å². The summed E-state index contributed by atoms with van der Waals surface area (Å²) < 4.78 is 2.11. The molecule has 1 aromatic heterocycles. The normalized spacial score (nSPS) is 10.9.